The van der Waals surface area contributed by atoms with Crippen molar-refractivity contribution in [3.63, 3.8) is 0 Å². The number of nitrogens with one attached hydrogen (secondary N) is 1. The fourth-order valence-electron chi connectivity index (χ4n) is 4.05. The van der Waals surface area contributed by atoms with E-state index in [2.05, 4.69) is 54.5 Å². The van der Waals surface area contributed by atoms with Crippen LogP contribution in [0.1, 0.15) is 64.1 Å². The van der Waals surface area contributed by atoms with Crippen molar-refractivity contribution in [3.8, 4) is 11.5 Å². The van der Waals surface area contributed by atoms with Gasteiger partial charge >= 0.3 is 0 Å². The van der Waals surface area contributed by atoms with Gasteiger partial charge in [-0.15, -0.1) is 0 Å². The van der Waals surface area contributed by atoms with E-state index in [1.807, 2.05) is 13.8 Å². The number of rotatable bonds is 7. The summed E-state index contributed by atoms with van der Waals surface area (Å²) in [6, 6.07) is 4.54. The molecule has 2 aliphatic rings. The highest BCUT2D eigenvalue weighted by atomic mass is 16.5. The molecule has 0 aromatic heterocycles. The summed E-state index contributed by atoms with van der Waals surface area (Å²) in [4.78, 5) is 2.58. The minimum Gasteiger partial charge on any atom is -0.493 e. The van der Waals surface area contributed by atoms with Gasteiger partial charge in [-0.2, -0.15) is 0 Å². The predicted molar refractivity (Wildman–Crippen MR) is 123 cm³/mol. The van der Waals surface area contributed by atoms with Gasteiger partial charge in [0.1, 0.15) is 0 Å². The fourth-order valence-corrected chi connectivity index (χ4v) is 4.05. The smallest absolute Gasteiger partial charge is 0.163 e. The van der Waals surface area contributed by atoms with Gasteiger partial charge in [-0.05, 0) is 79.4 Å². The average molecular weight is 401 g/mol. The summed E-state index contributed by atoms with van der Waals surface area (Å²) in [6.45, 7) is 12.0. The Labute approximate surface area is 178 Å². The summed E-state index contributed by atoms with van der Waals surface area (Å²) in [7, 11) is 3.43. The summed E-state index contributed by atoms with van der Waals surface area (Å²) in [5.74, 6) is 2.55. The van der Waals surface area contributed by atoms with Crippen molar-refractivity contribution in [2.75, 3.05) is 33.9 Å². The minimum atomic E-state index is 0.170. The van der Waals surface area contributed by atoms with Crippen molar-refractivity contribution in [2.45, 2.75) is 59.4 Å². The van der Waals surface area contributed by atoms with Crippen molar-refractivity contribution >= 4 is 0 Å². The number of likely N-dealkylation sites (tertiary alicyclic amines) is 1. The van der Waals surface area contributed by atoms with E-state index in [4.69, 9.17) is 9.47 Å². The Morgan fingerprint density at radius 3 is 2.45 bits per heavy atom. The van der Waals surface area contributed by atoms with Crippen LogP contribution in [0.25, 0.3) is 0 Å². The SMILES string of the molecule is CC.CCCc1cc(C2C=C(CN3CCC(C)CC3)C=CN2)cc(OC)c1OC. The first-order chi connectivity index (χ1) is 14.1. The van der Waals surface area contributed by atoms with E-state index in [-0.39, 0.29) is 6.04 Å². The van der Waals surface area contributed by atoms with Gasteiger partial charge < -0.3 is 14.8 Å². The van der Waals surface area contributed by atoms with E-state index >= 15 is 0 Å². The molecule has 29 heavy (non-hydrogen) atoms. The molecule has 4 heteroatoms. The maximum absolute atomic E-state index is 5.61. The predicted octanol–water partition coefficient (Wildman–Crippen LogP) is 5.50. The number of aryl methyl sites for hydroxylation is 1. The van der Waals surface area contributed by atoms with Gasteiger partial charge in [0.05, 0.1) is 20.3 Å². The van der Waals surface area contributed by atoms with E-state index in [0.29, 0.717) is 0 Å². The van der Waals surface area contributed by atoms with E-state index in [1.54, 1.807) is 14.2 Å². The Hall–Kier alpha value is -1.94. The second-order valence-electron chi connectivity index (χ2n) is 7.84. The Morgan fingerprint density at radius 1 is 1.10 bits per heavy atom. The molecule has 4 nitrogen and oxygen atoms in total. The van der Waals surface area contributed by atoms with Crippen LogP contribution in [0.4, 0.5) is 0 Å². The molecular formula is C25H40N2O2. The number of methoxy groups -OCH3 is 2. The highest BCUT2D eigenvalue weighted by molar-refractivity contribution is 5.51. The zero-order chi connectivity index (χ0) is 21.2. The third kappa shape index (κ3) is 6.27. The van der Waals surface area contributed by atoms with Crippen molar-refractivity contribution in [1.82, 2.24) is 10.2 Å². The molecule has 1 N–H and O–H groups in total. The van der Waals surface area contributed by atoms with Crippen molar-refractivity contribution in [3.05, 3.63) is 47.2 Å². The number of benzene rings is 1. The Morgan fingerprint density at radius 2 is 1.83 bits per heavy atom. The maximum Gasteiger partial charge on any atom is 0.163 e. The molecule has 162 valence electrons. The number of dihydropyridines is 1. The van der Waals surface area contributed by atoms with Gasteiger partial charge in [-0.3, -0.25) is 4.90 Å². The summed E-state index contributed by atoms with van der Waals surface area (Å²) in [5.41, 5.74) is 3.83. The van der Waals surface area contributed by atoms with Gasteiger partial charge in [-0.1, -0.05) is 40.2 Å². The number of hydrogen-bond acceptors (Lipinski definition) is 4. The van der Waals surface area contributed by atoms with Crippen molar-refractivity contribution in [2.24, 2.45) is 5.92 Å². The van der Waals surface area contributed by atoms with Crippen molar-refractivity contribution < 1.29 is 9.47 Å². The van der Waals surface area contributed by atoms with Crippen LogP contribution in [0.2, 0.25) is 0 Å². The highest BCUT2D eigenvalue weighted by Crippen LogP contribution is 2.36. The summed E-state index contributed by atoms with van der Waals surface area (Å²) >= 11 is 0. The average Bonchev–Trinajstić information content (AvgIpc) is 2.76. The number of hydrogen-bond donors (Lipinski definition) is 1. The van der Waals surface area contributed by atoms with Crippen LogP contribution in [-0.4, -0.2) is 38.8 Å². The first-order valence-electron chi connectivity index (χ1n) is 11.2. The zero-order valence-electron chi connectivity index (χ0n) is 19.3. The lowest BCUT2D eigenvalue weighted by atomic mass is 9.96. The van der Waals surface area contributed by atoms with E-state index < -0.39 is 0 Å². The molecule has 0 radical (unpaired) electrons. The molecular weight excluding hydrogens is 360 g/mol. The van der Waals surface area contributed by atoms with Gasteiger partial charge in [0.15, 0.2) is 11.5 Å². The second kappa shape index (κ2) is 11.9. The summed E-state index contributed by atoms with van der Waals surface area (Å²) in [5, 5.41) is 3.50. The molecule has 1 aromatic carbocycles. The third-order valence-corrected chi connectivity index (χ3v) is 5.69. The molecule has 3 rings (SSSR count). The van der Waals surface area contributed by atoms with Crippen LogP contribution >= 0.6 is 0 Å². The van der Waals surface area contributed by atoms with Crippen LogP contribution in [0.15, 0.2) is 36.1 Å². The molecule has 1 unspecified atom stereocenters. The normalized spacial score (nSPS) is 19.7. The van der Waals surface area contributed by atoms with E-state index in [0.717, 1.165) is 36.8 Å². The Bertz CT molecular complexity index is 688. The lowest BCUT2D eigenvalue weighted by Crippen LogP contribution is -2.34. The number of nitrogens with zero attached hydrogens (tertiary/aromatic N) is 1. The minimum absolute atomic E-state index is 0.170. The molecule has 2 heterocycles. The number of piperidine rings is 1. The standard InChI is InChI=1S/C23H34N2O2.C2H6/c1-5-6-19-14-20(15-22(26-3)23(19)27-4)21-13-18(7-10-24-21)16-25-11-8-17(2)9-12-25;1-2/h7,10,13-15,17,21,24H,5-6,8-9,11-12,16H2,1-4H3;1-2H3. The molecule has 1 atom stereocenters. The third-order valence-electron chi connectivity index (χ3n) is 5.69. The van der Waals surface area contributed by atoms with Crippen LogP contribution in [0.5, 0.6) is 11.5 Å². The monoisotopic (exact) mass is 400 g/mol. The van der Waals surface area contributed by atoms with Gasteiger partial charge in [0, 0.05) is 6.54 Å². The van der Waals surface area contributed by atoms with E-state index in [1.165, 1.54) is 42.6 Å². The second-order valence-corrected chi connectivity index (χ2v) is 7.84. The van der Waals surface area contributed by atoms with E-state index in [9.17, 15) is 0 Å². The summed E-state index contributed by atoms with van der Waals surface area (Å²) < 4.78 is 11.2. The zero-order valence-corrected chi connectivity index (χ0v) is 19.3. The van der Waals surface area contributed by atoms with Gasteiger partial charge in [0.2, 0.25) is 0 Å². The maximum atomic E-state index is 5.61. The molecule has 0 amide bonds. The molecule has 1 aromatic rings. The first kappa shape index (κ1) is 23.3. The molecule has 0 aliphatic carbocycles. The molecule has 0 spiro atoms. The van der Waals surface area contributed by atoms with Gasteiger partial charge in [-0.25, -0.2) is 0 Å². The van der Waals surface area contributed by atoms with Crippen LogP contribution < -0.4 is 14.8 Å². The molecule has 1 fully saturated rings. The Kier molecular flexibility index (Phi) is 9.59. The first-order valence-corrected chi connectivity index (χ1v) is 11.2. The topological polar surface area (TPSA) is 33.7 Å². The molecule has 2 aliphatic heterocycles. The number of ether oxygens (including phenoxy) is 2. The van der Waals surface area contributed by atoms with Crippen molar-refractivity contribution in [1.29, 1.82) is 0 Å². The highest BCUT2D eigenvalue weighted by Gasteiger charge is 2.20. The largest absolute Gasteiger partial charge is 0.493 e. The lowest BCUT2D eigenvalue weighted by molar-refractivity contribution is 0.207. The van der Waals surface area contributed by atoms with Crippen LogP contribution in [0.3, 0.4) is 0 Å². The Balaban J connectivity index is 0.00000145. The molecule has 0 bridgehead atoms. The van der Waals surface area contributed by atoms with Crippen LogP contribution in [0, 0.1) is 5.92 Å². The lowest BCUT2D eigenvalue weighted by Gasteiger charge is -2.31. The molecule has 0 saturated carbocycles. The van der Waals surface area contributed by atoms with Gasteiger partial charge in [0.25, 0.3) is 0 Å². The fraction of sp³-hybridized carbons (Fsp3) is 0.600. The molecule has 1 saturated heterocycles. The summed E-state index contributed by atoms with van der Waals surface area (Å²) in [6.07, 6.45) is 11.3. The quantitative estimate of drug-likeness (QED) is 0.655. The van der Waals surface area contributed by atoms with Crippen LogP contribution in [-0.2, 0) is 6.42 Å².